The molecule has 0 aliphatic rings. The molecule has 0 fully saturated rings. The van der Waals surface area contributed by atoms with E-state index >= 15 is 0 Å². The van der Waals surface area contributed by atoms with Gasteiger partial charge in [0.25, 0.3) is 0 Å². The second-order valence-corrected chi connectivity index (χ2v) is 6.90. The number of nitrogens with zero attached hydrogens (tertiary/aromatic N) is 1. The van der Waals surface area contributed by atoms with Crippen molar-refractivity contribution in [3.8, 4) is 0 Å². The van der Waals surface area contributed by atoms with Crippen LogP contribution in [-0.2, 0) is 0 Å². The Bertz CT molecular complexity index is 454. The highest BCUT2D eigenvalue weighted by atomic mass is 35.5. The summed E-state index contributed by atoms with van der Waals surface area (Å²) >= 11 is 5.93. The Labute approximate surface area is 134 Å². The maximum atomic E-state index is 7.57. The number of amidine groups is 1. The Hall–Kier alpha value is -1.06. The molecule has 0 spiro atoms. The van der Waals surface area contributed by atoms with Crippen molar-refractivity contribution in [3.63, 3.8) is 0 Å². The highest BCUT2D eigenvalue weighted by molar-refractivity contribution is 6.30. The minimum absolute atomic E-state index is 0.180. The third-order valence-corrected chi connectivity index (χ3v) is 4.56. The Morgan fingerprint density at radius 2 is 1.86 bits per heavy atom. The van der Waals surface area contributed by atoms with Gasteiger partial charge in [-0.15, -0.1) is 0 Å². The van der Waals surface area contributed by atoms with Crippen LogP contribution in [0.5, 0.6) is 0 Å². The van der Waals surface area contributed by atoms with Gasteiger partial charge in [0.1, 0.15) is 0 Å². The van der Waals surface area contributed by atoms with E-state index in [0.717, 1.165) is 30.8 Å². The van der Waals surface area contributed by atoms with E-state index in [4.69, 9.17) is 22.7 Å². The monoisotopic (exact) mass is 309 g/mol. The van der Waals surface area contributed by atoms with Crippen molar-refractivity contribution in [3.05, 3.63) is 34.9 Å². The number of hydrogen-bond donors (Lipinski definition) is 2. The summed E-state index contributed by atoms with van der Waals surface area (Å²) in [4.78, 5) is 2.35. The molecule has 3 nitrogen and oxygen atoms in total. The quantitative estimate of drug-likeness (QED) is 0.423. The lowest BCUT2D eigenvalue weighted by atomic mass is 9.86. The molecule has 0 radical (unpaired) electrons. The number of halogens is 1. The molecule has 21 heavy (non-hydrogen) atoms. The number of rotatable bonds is 8. The first-order chi connectivity index (χ1) is 9.74. The average molecular weight is 310 g/mol. The lowest BCUT2D eigenvalue weighted by Crippen LogP contribution is -2.31. The van der Waals surface area contributed by atoms with E-state index in [1.54, 1.807) is 0 Å². The van der Waals surface area contributed by atoms with Crippen molar-refractivity contribution in [1.29, 1.82) is 5.41 Å². The SMILES string of the molecule is CC(c1ccc(Cl)cc1)N(C)CCCCC(C)(C)C(=N)N. The fraction of sp³-hybridized carbons (Fsp3) is 0.588. The zero-order chi connectivity index (χ0) is 16.0. The molecular weight excluding hydrogens is 282 g/mol. The average Bonchev–Trinajstić information content (AvgIpc) is 2.43. The molecule has 0 saturated heterocycles. The van der Waals surface area contributed by atoms with Gasteiger partial charge in [0.2, 0.25) is 0 Å². The van der Waals surface area contributed by atoms with Gasteiger partial charge in [0.15, 0.2) is 0 Å². The zero-order valence-corrected chi connectivity index (χ0v) is 14.4. The summed E-state index contributed by atoms with van der Waals surface area (Å²) in [7, 11) is 2.15. The summed E-state index contributed by atoms with van der Waals surface area (Å²) in [5.74, 6) is 0.283. The molecule has 1 atom stereocenters. The molecule has 1 rings (SSSR count). The zero-order valence-electron chi connectivity index (χ0n) is 13.6. The molecule has 1 aromatic carbocycles. The number of nitrogens with one attached hydrogen (secondary N) is 1. The van der Waals surface area contributed by atoms with Crippen molar-refractivity contribution < 1.29 is 0 Å². The van der Waals surface area contributed by atoms with Crippen molar-refractivity contribution >= 4 is 17.4 Å². The normalized spacial score (nSPS) is 13.4. The predicted octanol–water partition coefficient (Wildman–Crippen LogP) is 4.47. The van der Waals surface area contributed by atoms with Crippen LogP contribution in [0.2, 0.25) is 5.02 Å². The van der Waals surface area contributed by atoms with Gasteiger partial charge >= 0.3 is 0 Å². The molecule has 0 saturated carbocycles. The van der Waals surface area contributed by atoms with Crippen LogP contribution in [0.4, 0.5) is 0 Å². The van der Waals surface area contributed by atoms with Crippen LogP contribution in [-0.4, -0.2) is 24.3 Å². The van der Waals surface area contributed by atoms with Gasteiger partial charge in [-0.2, -0.15) is 0 Å². The molecule has 0 amide bonds. The smallest absolute Gasteiger partial charge is 0.0963 e. The second kappa shape index (κ2) is 7.81. The van der Waals surface area contributed by atoms with Gasteiger partial charge < -0.3 is 5.73 Å². The minimum atomic E-state index is -0.180. The van der Waals surface area contributed by atoms with Crippen molar-refractivity contribution in [2.75, 3.05) is 13.6 Å². The van der Waals surface area contributed by atoms with E-state index in [0.29, 0.717) is 6.04 Å². The van der Waals surface area contributed by atoms with Crippen LogP contribution in [0.25, 0.3) is 0 Å². The molecule has 4 heteroatoms. The summed E-state index contributed by atoms with van der Waals surface area (Å²) in [5, 5.41) is 8.35. The van der Waals surface area contributed by atoms with E-state index in [-0.39, 0.29) is 11.3 Å². The summed E-state index contributed by atoms with van der Waals surface area (Å²) in [5.41, 5.74) is 6.71. The largest absolute Gasteiger partial charge is 0.387 e. The van der Waals surface area contributed by atoms with Crippen molar-refractivity contribution in [1.82, 2.24) is 4.90 Å². The van der Waals surface area contributed by atoms with E-state index in [1.165, 1.54) is 5.56 Å². The number of hydrogen-bond acceptors (Lipinski definition) is 2. The molecule has 0 aliphatic heterocycles. The van der Waals surface area contributed by atoms with E-state index < -0.39 is 0 Å². The number of unbranched alkanes of at least 4 members (excludes halogenated alkanes) is 1. The van der Waals surface area contributed by atoms with Crippen LogP contribution < -0.4 is 5.73 Å². The van der Waals surface area contributed by atoms with Gasteiger partial charge in [-0.3, -0.25) is 10.3 Å². The van der Waals surface area contributed by atoms with Gasteiger partial charge in [0, 0.05) is 16.5 Å². The summed E-state index contributed by atoms with van der Waals surface area (Å²) in [6.07, 6.45) is 3.17. The molecule has 3 N–H and O–H groups in total. The highest BCUT2D eigenvalue weighted by Crippen LogP contribution is 2.24. The van der Waals surface area contributed by atoms with E-state index in [9.17, 15) is 0 Å². The van der Waals surface area contributed by atoms with Crippen LogP contribution in [0.1, 0.15) is 51.6 Å². The Balaban J connectivity index is 2.38. The van der Waals surface area contributed by atoms with Crippen LogP contribution in [0.15, 0.2) is 24.3 Å². The summed E-state index contributed by atoms with van der Waals surface area (Å²) < 4.78 is 0. The molecule has 1 unspecified atom stereocenters. The molecule has 118 valence electrons. The first-order valence-electron chi connectivity index (χ1n) is 7.54. The second-order valence-electron chi connectivity index (χ2n) is 6.46. The Kier molecular flexibility index (Phi) is 6.69. The molecule has 0 aliphatic carbocycles. The Morgan fingerprint density at radius 1 is 1.29 bits per heavy atom. The van der Waals surface area contributed by atoms with Gasteiger partial charge in [-0.25, -0.2) is 0 Å². The first kappa shape index (κ1) is 18.0. The van der Waals surface area contributed by atoms with E-state index in [1.807, 2.05) is 26.0 Å². The fourth-order valence-corrected chi connectivity index (χ4v) is 2.38. The minimum Gasteiger partial charge on any atom is -0.387 e. The van der Waals surface area contributed by atoms with E-state index in [2.05, 4.69) is 31.0 Å². The summed E-state index contributed by atoms with van der Waals surface area (Å²) in [6.45, 7) is 7.32. The fourth-order valence-electron chi connectivity index (χ4n) is 2.25. The predicted molar refractivity (Wildman–Crippen MR) is 92.0 cm³/mol. The van der Waals surface area contributed by atoms with Crippen LogP contribution in [0.3, 0.4) is 0 Å². The molecule has 1 aromatic rings. The summed E-state index contributed by atoms with van der Waals surface area (Å²) in [6, 6.07) is 8.43. The Morgan fingerprint density at radius 3 is 2.38 bits per heavy atom. The van der Waals surface area contributed by atoms with Gasteiger partial charge in [-0.05, 0) is 51.1 Å². The van der Waals surface area contributed by atoms with Crippen molar-refractivity contribution in [2.24, 2.45) is 11.1 Å². The number of benzene rings is 1. The highest BCUT2D eigenvalue weighted by Gasteiger charge is 2.21. The first-order valence-corrected chi connectivity index (χ1v) is 7.92. The van der Waals surface area contributed by atoms with Gasteiger partial charge in [0.05, 0.1) is 5.84 Å². The molecular formula is C17H28ClN3. The number of nitrogens with two attached hydrogens (primary N) is 1. The van der Waals surface area contributed by atoms with Crippen LogP contribution in [0, 0.1) is 10.8 Å². The maximum absolute atomic E-state index is 7.57. The molecule has 0 heterocycles. The lowest BCUT2D eigenvalue weighted by Gasteiger charge is -2.26. The third-order valence-electron chi connectivity index (χ3n) is 4.31. The standard InChI is InChI=1S/C17H28ClN3/c1-13(14-7-9-15(18)10-8-14)21(4)12-6-5-11-17(2,3)16(19)20/h7-10,13H,5-6,11-12H2,1-4H3,(H3,19,20). The maximum Gasteiger partial charge on any atom is 0.0963 e. The molecule has 0 aromatic heterocycles. The van der Waals surface area contributed by atoms with Crippen molar-refractivity contribution in [2.45, 2.75) is 46.1 Å². The molecule has 0 bridgehead atoms. The topological polar surface area (TPSA) is 53.1 Å². The third kappa shape index (κ3) is 5.68. The van der Waals surface area contributed by atoms with Gasteiger partial charge in [-0.1, -0.05) is 44.0 Å². The lowest BCUT2D eigenvalue weighted by molar-refractivity contribution is 0.251. The van der Waals surface area contributed by atoms with Crippen LogP contribution >= 0.6 is 11.6 Å².